The van der Waals surface area contributed by atoms with E-state index in [2.05, 4.69) is 24.1 Å². The van der Waals surface area contributed by atoms with Gasteiger partial charge in [-0.15, -0.1) is 0 Å². The molecule has 0 aromatic carbocycles. The summed E-state index contributed by atoms with van der Waals surface area (Å²) in [6.45, 7) is 12.0. The normalized spacial score (nSPS) is 21.2. The monoisotopic (exact) mass is 285 g/mol. The fourth-order valence-electron chi connectivity index (χ4n) is 2.39. The minimum atomic E-state index is -0.146. The zero-order chi connectivity index (χ0) is 15.2. The number of hydrogen-bond acceptors (Lipinski definition) is 4. The fourth-order valence-corrected chi connectivity index (χ4v) is 2.39. The molecule has 1 aliphatic rings. The third-order valence-electron chi connectivity index (χ3n) is 3.82. The summed E-state index contributed by atoms with van der Waals surface area (Å²) in [5.41, 5.74) is 5.94. The molecule has 20 heavy (non-hydrogen) atoms. The number of ether oxygens (including phenoxy) is 1. The molecular formula is C15H31N3O2. The van der Waals surface area contributed by atoms with Crippen LogP contribution in [0.25, 0.3) is 0 Å². The number of amides is 1. The van der Waals surface area contributed by atoms with E-state index in [0.29, 0.717) is 19.8 Å². The summed E-state index contributed by atoms with van der Waals surface area (Å²) in [7, 11) is 0. The standard InChI is InChI=1S/C15H31N3O2/c1-12(2)17-14(19)13-10-20-9-8-18(13)7-5-6-15(3,4)11-16/h12-13H,5-11,16H2,1-4H3,(H,17,19). The second-order valence-electron chi connectivity index (χ2n) is 6.76. The Morgan fingerprint density at radius 3 is 2.80 bits per heavy atom. The van der Waals surface area contributed by atoms with Crippen molar-refractivity contribution in [3.05, 3.63) is 0 Å². The summed E-state index contributed by atoms with van der Waals surface area (Å²) < 4.78 is 5.46. The lowest BCUT2D eigenvalue weighted by molar-refractivity contribution is -0.133. The van der Waals surface area contributed by atoms with E-state index in [1.165, 1.54) is 0 Å². The van der Waals surface area contributed by atoms with Crippen LogP contribution in [0.15, 0.2) is 0 Å². The van der Waals surface area contributed by atoms with E-state index in [1.807, 2.05) is 13.8 Å². The molecule has 3 N–H and O–H groups in total. The Kier molecular flexibility index (Phi) is 6.92. The number of carbonyl (C=O) groups is 1. The number of nitrogens with one attached hydrogen (secondary N) is 1. The van der Waals surface area contributed by atoms with Crippen molar-refractivity contribution in [3.8, 4) is 0 Å². The molecular weight excluding hydrogens is 254 g/mol. The highest BCUT2D eigenvalue weighted by Gasteiger charge is 2.29. The highest BCUT2D eigenvalue weighted by Crippen LogP contribution is 2.21. The second kappa shape index (κ2) is 7.96. The Hall–Kier alpha value is -0.650. The van der Waals surface area contributed by atoms with Crippen LogP contribution in [0, 0.1) is 5.41 Å². The average Bonchev–Trinajstić information content (AvgIpc) is 2.38. The molecule has 5 nitrogen and oxygen atoms in total. The van der Waals surface area contributed by atoms with E-state index in [4.69, 9.17) is 10.5 Å². The van der Waals surface area contributed by atoms with Gasteiger partial charge in [0, 0.05) is 12.6 Å². The van der Waals surface area contributed by atoms with Gasteiger partial charge in [0.25, 0.3) is 0 Å². The Morgan fingerprint density at radius 1 is 1.50 bits per heavy atom. The smallest absolute Gasteiger partial charge is 0.239 e. The van der Waals surface area contributed by atoms with Crippen LogP contribution in [-0.4, -0.2) is 55.7 Å². The summed E-state index contributed by atoms with van der Waals surface area (Å²) in [5.74, 6) is 0.0813. The van der Waals surface area contributed by atoms with Crippen molar-refractivity contribution < 1.29 is 9.53 Å². The van der Waals surface area contributed by atoms with Gasteiger partial charge in [0.05, 0.1) is 13.2 Å². The van der Waals surface area contributed by atoms with Crippen LogP contribution in [-0.2, 0) is 9.53 Å². The molecule has 0 bridgehead atoms. The van der Waals surface area contributed by atoms with E-state index in [9.17, 15) is 4.79 Å². The summed E-state index contributed by atoms with van der Waals surface area (Å²) in [4.78, 5) is 14.4. The molecule has 1 aliphatic heterocycles. The Morgan fingerprint density at radius 2 is 2.20 bits per heavy atom. The van der Waals surface area contributed by atoms with E-state index in [-0.39, 0.29) is 23.4 Å². The van der Waals surface area contributed by atoms with Crippen molar-refractivity contribution in [2.45, 2.75) is 52.6 Å². The van der Waals surface area contributed by atoms with Crippen molar-refractivity contribution in [2.24, 2.45) is 11.1 Å². The highest BCUT2D eigenvalue weighted by atomic mass is 16.5. The van der Waals surface area contributed by atoms with Gasteiger partial charge in [-0.1, -0.05) is 13.8 Å². The Bertz CT molecular complexity index is 305. The topological polar surface area (TPSA) is 67.6 Å². The molecule has 1 unspecified atom stereocenters. The van der Waals surface area contributed by atoms with Crippen molar-refractivity contribution in [1.82, 2.24) is 10.2 Å². The van der Waals surface area contributed by atoms with Crippen LogP contribution in [0.5, 0.6) is 0 Å². The first-order valence-corrected chi connectivity index (χ1v) is 7.68. The minimum absolute atomic E-state index is 0.0813. The molecule has 0 aliphatic carbocycles. The predicted octanol–water partition coefficient (Wildman–Crippen LogP) is 0.977. The van der Waals surface area contributed by atoms with Crippen molar-refractivity contribution in [3.63, 3.8) is 0 Å². The highest BCUT2D eigenvalue weighted by molar-refractivity contribution is 5.82. The van der Waals surface area contributed by atoms with Crippen molar-refractivity contribution in [2.75, 3.05) is 32.8 Å². The van der Waals surface area contributed by atoms with Crippen molar-refractivity contribution >= 4 is 5.91 Å². The Balaban J connectivity index is 2.46. The van der Waals surface area contributed by atoms with Gasteiger partial charge in [-0.25, -0.2) is 0 Å². The molecule has 1 heterocycles. The molecule has 0 radical (unpaired) electrons. The maximum absolute atomic E-state index is 12.2. The largest absolute Gasteiger partial charge is 0.378 e. The van der Waals surface area contributed by atoms with E-state index in [0.717, 1.165) is 25.9 Å². The lowest BCUT2D eigenvalue weighted by atomic mass is 9.88. The zero-order valence-corrected chi connectivity index (χ0v) is 13.4. The van der Waals surface area contributed by atoms with Gasteiger partial charge in [0.15, 0.2) is 0 Å². The van der Waals surface area contributed by atoms with Crippen LogP contribution >= 0.6 is 0 Å². The minimum Gasteiger partial charge on any atom is -0.378 e. The average molecular weight is 285 g/mol. The molecule has 0 saturated carbocycles. The Labute approximate surface area is 123 Å². The van der Waals surface area contributed by atoms with Gasteiger partial charge in [0.1, 0.15) is 6.04 Å². The number of hydrogen-bond donors (Lipinski definition) is 2. The quantitative estimate of drug-likeness (QED) is 0.731. The van der Waals surface area contributed by atoms with Gasteiger partial charge < -0.3 is 15.8 Å². The molecule has 0 aromatic heterocycles. The maximum atomic E-state index is 12.2. The maximum Gasteiger partial charge on any atom is 0.239 e. The lowest BCUT2D eigenvalue weighted by Gasteiger charge is -2.35. The molecule has 5 heteroatoms. The fraction of sp³-hybridized carbons (Fsp3) is 0.933. The van der Waals surface area contributed by atoms with E-state index in [1.54, 1.807) is 0 Å². The zero-order valence-electron chi connectivity index (χ0n) is 13.4. The summed E-state index contributed by atoms with van der Waals surface area (Å²) in [6.07, 6.45) is 2.15. The van der Waals surface area contributed by atoms with Crippen LogP contribution in [0.2, 0.25) is 0 Å². The number of nitrogens with two attached hydrogens (primary N) is 1. The predicted molar refractivity (Wildman–Crippen MR) is 81.5 cm³/mol. The molecule has 0 aromatic rings. The molecule has 118 valence electrons. The molecule has 1 fully saturated rings. The van der Waals surface area contributed by atoms with Crippen LogP contribution in [0.3, 0.4) is 0 Å². The molecule has 1 rings (SSSR count). The van der Waals surface area contributed by atoms with Crippen LogP contribution in [0.4, 0.5) is 0 Å². The molecule has 1 amide bonds. The lowest BCUT2D eigenvalue weighted by Crippen LogP contribution is -2.55. The van der Waals surface area contributed by atoms with E-state index >= 15 is 0 Å². The molecule has 0 spiro atoms. The van der Waals surface area contributed by atoms with Gasteiger partial charge in [-0.05, 0) is 45.2 Å². The molecule has 1 saturated heterocycles. The number of carbonyl (C=O) groups excluding carboxylic acids is 1. The summed E-state index contributed by atoms with van der Waals surface area (Å²) in [6, 6.07) is 0.0228. The van der Waals surface area contributed by atoms with Gasteiger partial charge in [-0.3, -0.25) is 9.69 Å². The van der Waals surface area contributed by atoms with Gasteiger partial charge in [-0.2, -0.15) is 0 Å². The third-order valence-corrected chi connectivity index (χ3v) is 3.82. The number of morpholine rings is 1. The second-order valence-corrected chi connectivity index (χ2v) is 6.76. The first kappa shape index (κ1) is 17.4. The summed E-state index contributed by atoms with van der Waals surface area (Å²) in [5, 5.41) is 2.98. The van der Waals surface area contributed by atoms with Gasteiger partial charge in [0.2, 0.25) is 5.91 Å². The SMILES string of the molecule is CC(C)NC(=O)C1COCCN1CCCC(C)(C)CN. The van der Waals surface area contributed by atoms with Crippen molar-refractivity contribution in [1.29, 1.82) is 0 Å². The first-order valence-electron chi connectivity index (χ1n) is 7.68. The number of nitrogens with zero attached hydrogens (tertiary/aromatic N) is 1. The third kappa shape index (κ3) is 5.77. The summed E-state index contributed by atoms with van der Waals surface area (Å²) >= 11 is 0. The molecule has 1 atom stereocenters. The van der Waals surface area contributed by atoms with Crippen LogP contribution in [0.1, 0.15) is 40.5 Å². The number of rotatable bonds is 7. The van der Waals surface area contributed by atoms with Gasteiger partial charge >= 0.3 is 0 Å². The first-order chi connectivity index (χ1) is 9.35. The van der Waals surface area contributed by atoms with E-state index < -0.39 is 0 Å². The van der Waals surface area contributed by atoms with Crippen LogP contribution < -0.4 is 11.1 Å².